The largest absolute Gasteiger partial charge is 0.497 e. The Bertz CT molecular complexity index is 857. The Hall–Kier alpha value is -2.44. The van der Waals surface area contributed by atoms with E-state index in [1.807, 2.05) is 54.6 Å². The van der Waals surface area contributed by atoms with E-state index < -0.39 is 12.2 Å². The maximum Gasteiger partial charge on any atom is 0.118 e. The van der Waals surface area contributed by atoms with Crippen molar-refractivity contribution in [1.29, 1.82) is 0 Å². The van der Waals surface area contributed by atoms with E-state index in [0.29, 0.717) is 13.2 Å². The van der Waals surface area contributed by atoms with Gasteiger partial charge in [-0.2, -0.15) is 0 Å². The van der Waals surface area contributed by atoms with Gasteiger partial charge in [-0.3, -0.25) is 0 Å². The van der Waals surface area contributed by atoms with Crippen molar-refractivity contribution in [2.75, 3.05) is 20.3 Å². The van der Waals surface area contributed by atoms with Crippen molar-refractivity contribution >= 4 is 10.8 Å². The molecule has 0 aromatic heterocycles. The van der Waals surface area contributed by atoms with Crippen molar-refractivity contribution in [3.05, 3.63) is 77.9 Å². The fourth-order valence-corrected chi connectivity index (χ4v) is 3.02. The summed E-state index contributed by atoms with van der Waals surface area (Å²) in [4.78, 5) is 0. The van der Waals surface area contributed by atoms with Gasteiger partial charge in [0.15, 0.2) is 0 Å². The molecule has 5 heteroatoms. The minimum atomic E-state index is -1.01. The molecule has 0 amide bonds. The molecular formula is C23H26O5. The van der Waals surface area contributed by atoms with Crippen LogP contribution >= 0.6 is 0 Å². The number of methoxy groups -OCH3 is 1. The fourth-order valence-electron chi connectivity index (χ4n) is 3.02. The molecule has 3 aromatic carbocycles. The lowest BCUT2D eigenvalue weighted by atomic mass is 10.1. The van der Waals surface area contributed by atoms with Gasteiger partial charge in [0, 0.05) is 0 Å². The Labute approximate surface area is 165 Å². The average molecular weight is 382 g/mol. The molecule has 0 aliphatic rings. The predicted octanol–water partition coefficient (Wildman–Crippen LogP) is 3.30. The van der Waals surface area contributed by atoms with Gasteiger partial charge in [0.25, 0.3) is 0 Å². The van der Waals surface area contributed by atoms with Crippen LogP contribution in [-0.4, -0.2) is 42.7 Å². The van der Waals surface area contributed by atoms with Gasteiger partial charge in [0.05, 0.1) is 33.5 Å². The van der Waals surface area contributed by atoms with Crippen LogP contribution in [0.25, 0.3) is 10.8 Å². The zero-order valence-corrected chi connectivity index (χ0v) is 16.0. The number of hydrogen-bond donors (Lipinski definition) is 2. The summed E-state index contributed by atoms with van der Waals surface area (Å²) in [5, 5.41) is 21.7. The minimum absolute atomic E-state index is 0.179. The second kappa shape index (κ2) is 10.2. The van der Waals surface area contributed by atoms with Crippen LogP contribution in [0, 0.1) is 0 Å². The van der Waals surface area contributed by atoms with E-state index in [9.17, 15) is 10.2 Å². The molecular weight excluding hydrogens is 356 g/mol. The highest BCUT2D eigenvalue weighted by Gasteiger charge is 2.20. The van der Waals surface area contributed by atoms with Crippen molar-refractivity contribution in [3.63, 3.8) is 0 Å². The van der Waals surface area contributed by atoms with E-state index in [4.69, 9.17) is 14.2 Å². The van der Waals surface area contributed by atoms with Gasteiger partial charge in [0.2, 0.25) is 0 Å². The lowest BCUT2D eigenvalue weighted by Gasteiger charge is -2.22. The highest BCUT2D eigenvalue weighted by molar-refractivity contribution is 5.85. The average Bonchev–Trinajstić information content (AvgIpc) is 2.76. The second-order valence-corrected chi connectivity index (χ2v) is 6.60. The third-order valence-electron chi connectivity index (χ3n) is 4.66. The second-order valence-electron chi connectivity index (χ2n) is 6.60. The Morgan fingerprint density at radius 1 is 0.893 bits per heavy atom. The first-order chi connectivity index (χ1) is 13.7. The van der Waals surface area contributed by atoms with Crippen LogP contribution in [0.1, 0.15) is 11.1 Å². The van der Waals surface area contributed by atoms with Gasteiger partial charge in [0.1, 0.15) is 18.0 Å². The summed E-state index contributed by atoms with van der Waals surface area (Å²) in [6.07, 6.45) is -1.63. The van der Waals surface area contributed by atoms with E-state index in [-0.39, 0.29) is 13.2 Å². The highest BCUT2D eigenvalue weighted by Crippen LogP contribution is 2.20. The van der Waals surface area contributed by atoms with E-state index in [1.165, 1.54) is 0 Å². The number of fused-ring (bicyclic) bond motifs is 1. The van der Waals surface area contributed by atoms with Gasteiger partial charge in [-0.1, -0.05) is 54.6 Å². The molecule has 3 rings (SSSR count). The molecule has 0 fully saturated rings. The summed E-state index contributed by atoms with van der Waals surface area (Å²) < 4.78 is 16.8. The molecule has 0 bridgehead atoms. The van der Waals surface area contributed by atoms with Gasteiger partial charge in [-0.25, -0.2) is 0 Å². The molecule has 0 aliphatic heterocycles. The van der Waals surface area contributed by atoms with E-state index in [2.05, 4.69) is 12.1 Å². The van der Waals surface area contributed by atoms with Crippen molar-refractivity contribution in [2.24, 2.45) is 0 Å². The first-order valence-corrected chi connectivity index (χ1v) is 9.29. The number of aliphatic hydroxyl groups excluding tert-OH is 2. The quantitative estimate of drug-likeness (QED) is 0.563. The molecule has 148 valence electrons. The van der Waals surface area contributed by atoms with Crippen molar-refractivity contribution in [3.8, 4) is 5.75 Å². The molecule has 28 heavy (non-hydrogen) atoms. The van der Waals surface area contributed by atoms with Gasteiger partial charge in [-0.15, -0.1) is 0 Å². The molecule has 0 aliphatic carbocycles. The summed E-state index contributed by atoms with van der Waals surface area (Å²) in [7, 11) is 1.62. The smallest absolute Gasteiger partial charge is 0.118 e. The molecule has 2 N–H and O–H groups in total. The van der Waals surface area contributed by atoms with E-state index >= 15 is 0 Å². The summed E-state index contributed by atoms with van der Waals surface area (Å²) >= 11 is 0. The zero-order valence-electron chi connectivity index (χ0n) is 16.0. The molecule has 0 unspecified atom stereocenters. The van der Waals surface area contributed by atoms with Crippen LogP contribution in [0.3, 0.4) is 0 Å². The topological polar surface area (TPSA) is 68.2 Å². The molecule has 5 nitrogen and oxygen atoms in total. The van der Waals surface area contributed by atoms with E-state index in [0.717, 1.165) is 27.6 Å². The lowest BCUT2D eigenvalue weighted by Crippen LogP contribution is -2.36. The van der Waals surface area contributed by atoms with Crippen LogP contribution in [0.4, 0.5) is 0 Å². The summed E-state index contributed by atoms with van der Waals surface area (Å²) in [5.74, 6) is 0.788. The van der Waals surface area contributed by atoms with Crippen LogP contribution in [0.5, 0.6) is 5.75 Å². The highest BCUT2D eigenvalue weighted by atomic mass is 16.5. The Morgan fingerprint density at radius 2 is 1.64 bits per heavy atom. The van der Waals surface area contributed by atoms with Gasteiger partial charge in [-0.05, 0) is 34.0 Å². The molecule has 0 heterocycles. The SMILES string of the molecule is COc1ccc(COC[C@H](OCc2cccc3ccccc23)[C@H](O)CO)cc1. The summed E-state index contributed by atoms with van der Waals surface area (Å²) in [6, 6.07) is 21.7. The standard InChI is InChI=1S/C23H26O5/c1-26-20-11-9-17(10-12-20)14-27-16-23(22(25)13-24)28-15-19-7-4-6-18-5-2-3-8-21(18)19/h2-12,22-25H,13-16H2,1H3/t22-,23+/m1/s1. The summed E-state index contributed by atoms with van der Waals surface area (Å²) in [6.45, 7) is 0.510. The van der Waals surface area contributed by atoms with E-state index in [1.54, 1.807) is 7.11 Å². The first-order valence-electron chi connectivity index (χ1n) is 9.29. The van der Waals surface area contributed by atoms with Gasteiger partial charge >= 0.3 is 0 Å². The Kier molecular flexibility index (Phi) is 7.39. The van der Waals surface area contributed by atoms with Crippen molar-refractivity contribution < 1.29 is 24.4 Å². The maximum absolute atomic E-state index is 10.1. The molecule has 0 spiro atoms. The maximum atomic E-state index is 10.1. The normalized spacial score (nSPS) is 13.4. The molecule has 0 saturated heterocycles. The number of aliphatic hydroxyl groups is 2. The van der Waals surface area contributed by atoms with Crippen molar-refractivity contribution in [2.45, 2.75) is 25.4 Å². The van der Waals surface area contributed by atoms with Crippen LogP contribution < -0.4 is 4.74 Å². The third-order valence-corrected chi connectivity index (χ3v) is 4.66. The zero-order chi connectivity index (χ0) is 19.8. The molecule has 2 atom stereocenters. The molecule has 0 radical (unpaired) electrons. The Balaban J connectivity index is 1.58. The van der Waals surface area contributed by atoms with Crippen LogP contribution in [-0.2, 0) is 22.7 Å². The first kappa shape index (κ1) is 20.3. The fraction of sp³-hybridized carbons (Fsp3) is 0.304. The van der Waals surface area contributed by atoms with Crippen LogP contribution in [0.15, 0.2) is 66.7 Å². The molecule has 0 saturated carbocycles. The van der Waals surface area contributed by atoms with Gasteiger partial charge < -0.3 is 24.4 Å². The third kappa shape index (κ3) is 5.30. The number of rotatable bonds is 10. The predicted molar refractivity (Wildman–Crippen MR) is 108 cm³/mol. The number of ether oxygens (including phenoxy) is 3. The number of benzene rings is 3. The minimum Gasteiger partial charge on any atom is -0.497 e. The monoisotopic (exact) mass is 382 g/mol. The van der Waals surface area contributed by atoms with Crippen molar-refractivity contribution in [1.82, 2.24) is 0 Å². The van der Waals surface area contributed by atoms with Crippen LogP contribution in [0.2, 0.25) is 0 Å². The Morgan fingerprint density at radius 3 is 2.39 bits per heavy atom. The number of hydrogen-bond acceptors (Lipinski definition) is 5. The lowest BCUT2D eigenvalue weighted by molar-refractivity contribution is -0.101. The molecule has 3 aromatic rings. The summed E-state index contributed by atoms with van der Waals surface area (Å²) in [5.41, 5.74) is 2.02.